The molecule has 1 amide bonds. The number of hydrogen-bond acceptors (Lipinski definition) is 4. The molecule has 1 N–H and O–H groups in total. The fraction of sp³-hybridized carbons (Fsp3) is 0.364. The summed E-state index contributed by atoms with van der Waals surface area (Å²) in [6.07, 6.45) is -0.305. The molecule has 4 nitrogen and oxygen atoms in total. The monoisotopic (exact) mass is 305 g/mol. The van der Waals surface area contributed by atoms with E-state index in [1.165, 1.54) is 0 Å². The van der Waals surface area contributed by atoms with Crippen LogP contribution in [0.15, 0.2) is 30.3 Å². The van der Waals surface area contributed by atoms with Crippen molar-refractivity contribution < 1.29 is 13.2 Å². The molecule has 0 aromatic heterocycles. The Morgan fingerprint density at radius 2 is 2.11 bits per heavy atom. The summed E-state index contributed by atoms with van der Waals surface area (Å²) in [4.78, 5) is 11.9. The maximum atomic E-state index is 11.9. The molecule has 1 aromatic carbocycles. The minimum atomic E-state index is -1.83. The van der Waals surface area contributed by atoms with Gasteiger partial charge in [-0.15, -0.1) is 0 Å². The van der Waals surface area contributed by atoms with Crippen molar-refractivity contribution in [2.24, 2.45) is 0 Å². The average Bonchev–Trinajstić information content (AvgIpc) is 2.77. The summed E-state index contributed by atoms with van der Waals surface area (Å²) >= 11 is 1.64. The van der Waals surface area contributed by atoms with Crippen molar-refractivity contribution in [2.45, 2.75) is 12.1 Å². The zero-order valence-electron chi connectivity index (χ0n) is 9.37. The molecule has 0 bridgehead atoms. The first-order chi connectivity index (χ1) is 8.66. The molecule has 1 fully saturated rings. The van der Waals surface area contributed by atoms with E-state index in [-0.39, 0.29) is 18.1 Å². The lowest BCUT2D eigenvalue weighted by Gasteiger charge is -2.18. The Labute approximate surface area is 117 Å². The Morgan fingerprint density at radius 3 is 2.78 bits per heavy atom. The molecule has 1 aliphatic heterocycles. The Hall–Kier alpha value is -0.560. The van der Waals surface area contributed by atoms with Crippen LogP contribution in [0, 0.1) is 0 Å². The Kier molecular flexibility index (Phi) is 5.05. The molecule has 2 rings (SSSR count). The molecule has 1 saturated heterocycles. The maximum absolute atomic E-state index is 11.9. The highest BCUT2D eigenvalue weighted by Gasteiger charge is 2.31. The van der Waals surface area contributed by atoms with Crippen LogP contribution in [0.2, 0.25) is 0 Å². The molecule has 0 radical (unpaired) electrons. The van der Waals surface area contributed by atoms with Gasteiger partial charge in [0.1, 0.15) is 6.10 Å². The van der Waals surface area contributed by atoms with Crippen LogP contribution in [0.25, 0.3) is 0 Å². The molecular formula is C11H12ClNO3S2. The van der Waals surface area contributed by atoms with Gasteiger partial charge in [-0.2, -0.15) is 11.8 Å². The molecule has 3 atom stereocenters. The van der Waals surface area contributed by atoms with E-state index in [9.17, 15) is 9.00 Å². The predicted octanol–water partition coefficient (Wildman–Crippen LogP) is 1.73. The second-order valence-electron chi connectivity index (χ2n) is 3.81. The number of benzene rings is 1. The Bertz CT molecular complexity index is 443. The van der Waals surface area contributed by atoms with Crippen molar-refractivity contribution >= 4 is 38.6 Å². The minimum absolute atomic E-state index is 0.156. The van der Waals surface area contributed by atoms with Crippen molar-refractivity contribution in [1.29, 1.82) is 0 Å². The molecule has 1 aliphatic rings. The standard InChI is InChI=1S/C11H12ClNO3S2/c12-18(15)16-10-7-17-6-9(10)13-11(14)8-4-2-1-3-5-8/h1-5,9-10H,6-7H2,(H,13,14)/t9-,10+,18?/m0/s1. The quantitative estimate of drug-likeness (QED) is 0.861. The summed E-state index contributed by atoms with van der Waals surface area (Å²) < 4.78 is 15.9. The summed E-state index contributed by atoms with van der Waals surface area (Å²) in [6, 6.07) is 8.79. The zero-order chi connectivity index (χ0) is 13.0. The van der Waals surface area contributed by atoms with Crippen molar-refractivity contribution in [3.63, 3.8) is 0 Å². The van der Waals surface area contributed by atoms with E-state index in [4.69, 9.17) is 14.9 Å². The zero-order valence-corrected chi connectivity index (χ0v) is 11.8. The number of carbonyl (C=O) groups excluding carboxylic acids is 1. The largest absolute Gasteiger partial charge is 0.346 e. The molecule has 0 aliphatic carbocycles. The molecule has 18 heavy (non-hydrogen) atoms. The van der Waals surface area contributed by atoms with Crippen molar-refractivity contribution in [3.8, 4) is 0 Å². The van der Waals surface area contributed by atoms with Crippen LogP contribution in [0.3, 0.4) is 0 Å². The second kappa shape index (κ2) is 6.56. The van der Waals surface area contributed by atoms with E-state index in [1.54, 1.807) is 36.0 Å². The van der Waals surface area contributed by atoms with Crippen LogP contribution >= 0.6 is 22.4 Å². The van der Waals surface area contributed by atoms with Gasteiger partial charge in [0.25, 0.3) is 16.2 Å². The first-order valence-corrected chi connectivity index (χ1v) is 8.41. The van der Waals surface area contributed by atoms with Gasteiger partial charge in [0.05, 0.1) is 6.04 Å². The van der Waals surface area contributed by atoms with Crippen LogP contribution in [0.4, 0.5) is 0 Å². The first-order valence-electron chi connectivity index (χ1n) is 5.35. The number of nitrogens with one attached hydrogen (secondary N) is 1. The van der Waals surface area contributed by atoms with Gasteiger partial charge < -0.3 is 5.32 Å². The number of thioether (sulfide) groups is 1. The summed E-state index contributed by atoms with van der Waals surface area (Å²) in [5.74, 6) is 1.26. The van der Waals surface area contributed by atoms with Crippen molar-refractivity contribution in [2.75, 3.05) is 11.5 Å². The molecule has 0 saturated carbocycles. The lowest BCUT2D eigenvalue weighted by atomic mass is 10.1. The molecule has 1 aromatic rings. The third-order valence-corrected chi connectivity index (χ3v) is 4.36. The molecule has 7 heteroatoms. The van der Waals surface area contributed by atoms with E-state index in [0.717, 1.165) is 5.75 Å². The number of amides is 1. The number of rotatable bonds is 4. The van der Waals surface area contributed by atoms with E-state index in [0.29, 0.717) is 11.3 Å². The van der Waals surface area contributed by atoms with Crippen LogP contribution in [0.5, 0.6) is 0 Å². The Balaban J connectivity index is 1.96. The average molecular weight is 306 g/mol. The molecule has 1 unspecified atom stereocenters. The van der Waals surface area contributed by atoms with Gasteiger partial charge in [0, 0.05) is 27.8 Å². The number of halogens is 1. The normalized spacial score (nSPS) is 24.7. The fourth-order valence-corrected chi connectivity index (χ4v) is 3.69. The van der Waals surface area contributed by atoms with Gasteiger partial charge in [-0.3, -0.25) is 8.98 Å². The van der Waals surface area contributed by atoms with E-state index in [2.05, 4.69) is 5.32 Å². The topological polar surface area (TPSA) is 55.4 Å². The minimum Gasteiger partial charge on any atom is -0.346 e. The second-order valence-corrected chi connectivity index (χ2v) is 6.22. The lowest BCUT2D eigenvalue weighted by molar-refractivity contribution is 0.0911. The fourth-order valence-electron chi connectivity index (χ4n) is 1.70. The Morgan fingerprint density at radius 1 is 1.39 bits per heavy atom. The summed E-state index contributed by atoms with van der Waals surface area (Å²) in [5.41, 5.74) is 0.597. The third kappa shape index (κ3) is 3.71. The highest BCUT2D eigenvalue weighted by atomic mass is 35.7. The molecule has 98 valence electrons. The maximum Gasteiger partial charge on any atom is 0.256 e. The smallest absolute Gasteiger partial charge is 0.256 e. The van der Waals surface area contributed by atoms with E-state index >= 15 is 0 Å². The van der Waals surface area contributed by atoms with Crippen LogP contribution < -0.4 is 5.32 Å². The van der Waals surface area contributed by atoms with Gasteiger partial charge in [0.15, 0.2) is 0 Å². The van der Waals surface area contributed by atoms with Crippen molar-refractivity contribution in [1.82, 2.24) is 5.32 Å². The highest BCUT2D eigenvalue weighted by Crippen LogP contribution is 2.22. The van der Waals surface area contributed by atoms with Gasteiger partial charge in [-0.05, 0) is 12.1 Å². The number of carbonyl (C=O) groups is 1. The molecule has 1 heterocycles. The summed E-state index contributed by atoms with van der Waals surface area (Å²) in [5, 5.41) is 2.87. The summed E-state index contributed by atoms with van der Waals surface area (Å²) in [7, 11) is 3.48. The SMILES string of the molecule is O=C(N[C@H]1CSC[C@H]1OS(=O)Cl)c1ccccc1. The summed E-state index contributed by atoms with van der Waals surface area (Å²) in [6.45, 7) is 0. The van der Waals surface area contributed by atoms with Gasteiger partial charge in [-0.25, -0.2) is 4.21 Å². The molecular weight excluding hydrogens is 294 g/mol. The van der Waals surface area contributed by atoms with Crippen LogP contribution in [-0.4, -0.2) is 33.8 Å². The van der Waals surface area contributed by atoms with Crippen LogP contribution in [0.1, 0.15) is 10.4 Å². The highest BCUT2D eigenvalue weighted by molar-refractivity contribution is 8.04. The van der Waals surface area contributed by atoms with E-state index in [1.807, 2.05) is 6.07 Å². The van der Waals surface area contributed by atoms with Crippen LogP contribution in [-0.2, 0) is 14.5 Å². The third-order valence-electron chi connectivity index (χ3n) is 2.58. The first kappa shape index (κ1) is 13.9. The number of hydrogen-bond donors (Lipinski definition) is 1. The van der Waals surface area contributed by atoms with Crippen molar-refractivity contribution in [3.05, 3.63) is 35.9 Å². The van der Waals surface area contributed by atoms with Gasteiger partial charge in [0.2, 0.25) is 0 Å². The van der Waals surface area contributed by atoms with Gasteiger partial charge >= 0.3 is 0 Å². The van der Waals surface area contributed by atoms with E-state index < -0.39 is 10.3 Å². The predicted molar refractivity (Wildman–Crippen MR) is 73.9 cm³/mol. The van der Waals surface area contributed by atoms with Gasteiger partial charge in [-0.1, -0.05) is 18.2 Å². The lowest BCUT2D eigenvalue weighted by Crippen LogP contribution is -2.43. The molecule has 0 spiro atoms.